The summed E-state index contributed by atoms with van der Waals surface area (Å²) in [5.41, 5.74) is 3.38. The van der Waals surface area contributed by atoms with Crippen LogP contribution in [0.5, 0.6) is 0 Å². The smallest absolute Gasteiger partial charge is 0.133 e. The normalized spacial score (nSPS) is 10.6. The number of aryl methyl sites for hydroxylation is 1. The molecule has 96 valence electrons. The van der Waals surface area contributed by atoms with Crippen molar-refractivity contribution in [1.29, 1.82) is 0 Å². The van der Waals surface area contributed by atoms with Gasteiger partial charge in [0.05, 0.1) is 5.69 Å². The van der Waals surface area contributed by atoms with Crippen LogP contribution < -0.4 is 5.32 Å². The highest BCUT2D eigenvalue weighted by atomic mass is 32.1. The number of hydrogen-bond donors (Lipinski definition) is 1. The highest BCUT2D eigenvalue weighted by Crippen LogP contribution is 2.27. The van der Waals surface area contributed by atoms with Gasteiger partial charge in [-0.25, -0.2) is 9.97 Å². The SMILES string of the molecule is CCCNc1nc(CC)nc(-c2ccsc2)c1C. The van der Waals surface area contributed by atoms with Crippen LogP contribution in [0.3, 0.4) is 0 Å². The molecule has 0 amide bonds. The largest absolute Gasteiger partial charge is 0.370 e. The molecule has 0 atom stereocenters. The summed E-state index contributed by atoms with van der Waals surface area (Å²) in [5, 5.41) is 7.61. The van der Waals surface area contributed by atoms with E-state index in [-0.39, 0.29) is 0 Å². The molecular formula is C14H19N3S. The second-order valence-electron chi connectivity index (χ2n) is 4.25. The van der Waals surface area contributed by atoms with E-state index in [1.54, 1.807) is 11.3 Å². The number of nitrogens with one attached hydrogen (secondary N) is 1. The van der Waals surface area contributed by atoms with Gasteiger partial charge in [-0.05, 0) is 24.8 Å². The Balaban J connectivity index is 2.45. The highest BCUT2D eigenvalue weighted by Gasteiger charge is 2.11. The first-order valence-corrected chi connectivity index (χ1v) is 7.34. The Labute approximate surface area is 112 Å². The molecule has 3 nitrogen and oxygen atoms in total. The summed E-state index contributed by atoms with van der Waals surface area (Å²) in [7, 11) is 0. The molecule has 2 rings (SSSR count). The van der Waals surface area contributed by atoms with Crippen molar-refractivity contribution in [2.45, 2.75) is 33.6 Å². The zero-order valence-electron chi connectivity index (χ0n) is 11.2. The molecule has 2 heterocycles. The third-order valence-corrected chi connectivity index (χ3v) is 3.53. The van der Waals surface area contributed by atoms with Gasteiger partial charge in [0.2, 0.25) is 0 Å². The Morgan fingerprint density at radius 2 is 2.11 bits per heavy atom. The molecule has 18 heavy (non-hydrogen) atoms. The minimum absolute atomic E-state index is 0.859. The van der Waals surface area contributed by atoms with E-state index in [4.69, 9.17) is 0 Å². The summed E-state index contributed by atoms with van der Waals surface area (Å²) in [6, 6.07) is 2.11. The van der Waals surface area contributed by atoms with Crippen molar-refractivity contribution in [3.8, 4) is 11.3 Å². The molecule has 2 aromatic heterocycles. The first-order valence-electron chi connectivity index (χ1n) is 6.40. The quantitative estimate of drug-likeness (QED) is 0.887. The molecule has 0 saturated carbocycles. The third kappa shape index (κ3) is 2.70. The van der Waals surface area contributed by atoms with Gasteiger partial charge in [-0.2, -0.15) is 11.3 Å². The molecule has 0 aromatic carbocycles. The fourth-order valence-electron chi connectivity index (χ4n) is 1.82. The van der Waals surface area contributed by atoms with E-state index in [2.05, 4.69) is 52.9 Å². The molecule has 4 heteroatoms. The van der Waals surface area contributed by atoms with Gasteiger partial charge in [-0.1, -0.05) is 13.8 Å². The summed E-state index contributed by atoms with van der Waals surface area (Å²) in [6.45, 7) is 7.28. The lowest BCUT2D eigenvalue weighted by molar-refractivity contribution is 0.911. The molecule has 0 aliphatic carbocycles. The third-order valence-electron chi connectivity index (χ3n) is 2.85. The first kappa shape index (κ1) is 13.0. The minimum atomic E-state index is 0.859. The fourth-order valence-corrected chi connectivity index (χ4v) is 2.46. The van der Waals surface area contributed by atoms with Crippen molar-refractivity contribution >= 4 is 17.2 Å². The summed E-state index contributed by atoms with van der Waals surface area (Å²) in [5.74, 6) is 1.88. The van der Waals surface area contributed by atoms with Crippen molar-refractivity contribution in [2.24, 2.45) is 0 Å². The Hall–Kier alpha value is -1.42. The molecular weight excluding hydrogens is 242 g/mol. The number of nitrogens with zero attached hydrogens (tertiary/aromatic N) is 2. The molecule has 0 aliphatic rings. The van der Waals surface area contributed by atoms with Gasteiger partial charge in [0.1, 0.15) is 11.6 Å². The molecule has 0 unspecified atom stereocenters. The van der Waals surface area contributed by atoms with Gasteiger partial charge in [0.15, 0.2) is 0 Å². The maximum Gasteiger partial charge on any atom is 0.133 e. The lowest BCUT2D eigenvalue weighted by Gasteiger charge is -2.12. The highest BCUT2D eigenvalue weighted by molar-refractivity contribution is 7.08. The van der Waals surface area contributed by atoms with Gasteiger partial charge in [0.25, 0.3) is 0 Å². The Bertz CT molecular complexity index is 506. The van der Waals surface area contributed by atoms with Gasteiger partial charge < -0.3 is 5.32 Å². The van der Waals surface area contributed by atoms with E-state index in [0.29, 0.717) is 0 Å². The van der Waals surface area contributed by atoms with Gasteiger partial charge in [-0.15, -0.1) is 0 Å². The number of hydrogen-bond acceptors (Lipinski definition) is 4. The number of aromatic nitrogens is 2. The maximum absolute atomic E-state index is 4.66. The molecule has 1 N–H and O–H groups in total. The predicted octanol–water partition coefficient (Wildman–Crippen LogP) is 3.90. The average Bonchev–Trinajstić information content (AvgIpc) is 2.91. The molecule has 0 fully saturated rings. The average molecular weight is 261 g/mol. The van der Waals surface area contributed by atoms with Crippen LogP contribution in [0.4, 0.5) is 5.82 Å². The Morgan fingerprint density at radius 1 is 1.28 bits per heavy atom. The van der Waals surface area contributed by atoms with E-state index in [1.807, 2.05) is 0 Å². The van der Waals surface area contributed by atoms with Crippen molar-refractivity contribution in [1.82, 2.24) is 9.97 Å². The number of thiophene rings is 1. The zero-order chi connectivity index (χ0) is 13.0. The summed E-state index contributed by atoms with van der Waals surface area (Å²) >= 11 is 1.70. The summed E-state index contributed by atoms with van der Waals surface area (Å²) < 4.78 is 0. The van der Waals surface area contributed by atoms with E-state index in [9.17, 15) is 0 Å². The molecule has 0 aliphatic heterocycles. The Morgan fingerprint density at radius 3 is 2.72 bits per heavy atom. The minimum Gasteiger partial charge on any atom is -0.370 e. The second kappa shape index (κ2) is 5.96. The van der Waals surface area contributed by atoms with Crippen molar-refractivity contribution < 1.29 is 0 Å². The van der Waals surface area contributed by atoms with Crippen LogP contribution in [-0.4, -0.2) is 16.5 Å². The van der Waals surface area contributed by atoms with E-state index < -0.39 is 0 Å². The summed E-state index contributed by atoms with van der Waals surface area (Å²) in [6.07, 6.45) is 1.96. The van der Waals surface area contributed by atoms with Crippen LogP contribution in [0.25, 0.3) is 11.3 Å². The van der Waals surface area contributed by atoms with Gasteiger partial charge in [-0.3, -0.25) is 0 Å². The topological polar surface area (TPSA) is 37.8 Å². The number of anilines is 1. The molecule has 0 spiro atoms. The van der Waals surface area contributed by atoms with Crippen LogP contribution in [0.2, 0.25) is 0 Å². The molecule has 0 radical (unpaired) electrons. The van der Waals surface area contributed by atoms with Crippen LogP contribution in [0.1, 0.15) is 31.7 Å². The van der Waals surface area contributed by atoms with Gasteiger partial charge >= 0.3 is 0 Å². The lowest BCUT2D eigenvalue weighted by Crippen LogP contribution is -2.08. The van der Waals surface area contributed by atoms with Crippen LogP contribution in [0.15, 0.2) is 16.8 Å². The van der Waals surface area contributed by atoms with Crippen LogP contribution in [0, 0.1) is 6.92 Å². The van der Waals surface area contributed by atoms with E-state index in [1.165, 1.54) is 5.56 Å². The van der Waals surface area contributed by atoms with Crippen molar-refractivity contribution in [3.63, 3.8) is 0 Å². The number of rotatable bonds is 5. The maximum atomic E-state index is 4.66. The first-order chi connectivity index (χ1) is 8.76. The fraction of sp³-hybridized carbons (Fsp3) is 0.429. The van der Waals surface area contributed by atoms with E-state index >= 15 is 0 Å². The van der Waals surface area contributed by atoms with Crippen LogP contribution in [-0.2, 0) is 6.42 Å². The van der Waals surface area contributed by atoms with Crippen LogP contribution >= 0.6 is 11.3 Å². The lowest BCUT2D eigenvalue weighted by atomic mass is 10.1. The second-order valence-corrected chi connectivity index (χ2v) is 5.03. The molecule has 0 saturated heterocycles. The van der Waals surface area contributed by atoms with Crippen molar-refractivity contribution in [3.05, 3.63) is 28.2 Å². The molecule has 0 bridgehead atoms. The Kier molecular flexibility index (Phi) is 4.31. The van der Waals surface area contributed by atoms with E-state index in [0.717, 1.165) is 42.3 Å². The molecule has 2 aromatic rings. The zero-order valence-corrected chi connectivity index (χ0v) is 12.0. The van der Waals surface area contributed by atoms with Crippen molar-refractivity contribution in [2.75, 3.05) is 11.9 Å². The standard InChI is InChI=1S/C14H19N3S/c1-4-7-15-14-10(3)13(11-6-8-18-9-11)16-12(5-2)17-14/h6,8-9H,4-5,7H2,1-3H3,(H,15,16,17). The summed E-state index contributed by atoms with van der Waals surface area (Å²) in [4.78, 5) is 9.24. The monoisotopic (exact) mass is 261 g/mol. The predicted molar refractivity (Wildman–Crippen MR) is 78.2 cm³/mol. The van der Waals surface area contributed by atoms with Gasteiger partial charge in [0, 0.05) is 29.5 Å².